The molecule has 7 heteroatoms. The van der Waals surface area contributed by atoms with Crippen molar-refractivity contribution in [3.05, 3.63) is 42.1 Å². The van der Waals surface area contributed by atoms with Gasteiger partial charge in [-0.3, -0.25) is 9.59 Å². The van der Waals surface area contributed by atoms with Crippen LogP contribution in [0.4, 0.5) is 5.82 Å². The maximum Gasteiger partial charge on any atom is 0.259 e. The summed E-state index contributed by atoms with van der Waals surface area (Å²) in [5.41, 5.74) is 0.457. The number of ether oxygens (including phenoxy) is 1. The second kappa shape index (κ2) is 8.86. The van der Waals surface area contributed by atoms with E-state index < -0.39 is 0 Å². The summed E-state index contributed by atoms with van der Waals surface area (Å²) in [7, 11) is 3.33. The van der Waals surface area contributed by atoms with Crippen molar-refractivity contribution in [2.24, 2.45) is 0 Å². The van der Waals surface area contributed by atoms with E-state index in [1.807, 2.05) is 0 Å². The average molecular weight is 344 g/mol. The Bertz CT molecular complexity index is 725. The minimum Gasteiger partial charge on any atom is -0.484 e. The smallest absolute Gasteiger partial charge is 0.259 e. The van der Waals surface area contributed by atoms with E-state index in [1.165, 1.54) is 4.90 Å². The highest BCUT2D eigenvalue weighted by Crippen LogP contribution is 2.16. The second-order valence-electron chi connectivity index (χ2n) is 5.85. The van der Waals surface area contributed by atoms with Crippen LogP contribution in [-0.2, 0) is 11.3 Å². The number of likely N-dealkylation sites (N-methyl/N-ethyl adjacent to an activating group) is 1. The largest absolute Gasteiger partial charge is 0.484 e. The van der Waals surface area contributed by atoms with Crippen LogP contribution in [0.1, 0.15) is 30.1 Å². The molecule has 0 saturated carbocycles. The Morgan fingerprint density at radius 3 is 2.80 bits per heavy atom. The average Bonchev–Trinajstić information content (AvgIpc) is 3.04. The van der Waals surface area contributed by atoms with Crippen molar-refractivity contribution in [2.45, 2.75) is 26.3 Å². The fourth-order valence-corrected chi connectivity index (χ4v) is 2.11. The van der Waals surface area contributed by atoms with Crippen LogP contribution in [0.5, 0.6) is 5.75 Å². The summed E-state index contributed by atoms with van der Waals surface area (Å²) in [6.07, 6.45) is 3.71. The molecule has 0 aliphatic heterocycles. The van der Waals surface area contributed by atoms with Gasteiger partial charge in [-0.1, -0.05) is 19.4 Å². The molecule has 2 amide bonds. The van der Waals surface area contributed by atoms with Gasteiger partial charge < -0.3 is 15.0 Å². The number of anilines is 1. The van der Waals surface area contributed by atoms with Crippen molar-refractivity contribution in [1.82, 2.24) is 14.7 Å². The third kappa shape index (κ3) is 5.34. The molecular weight excluding hydrogens is 320 g/mol. The molecule has 0 aliphatic carbocycles. The summed E-state index contributed by atoms with van der Waals surface area (Å²) in [5, 5.41) is 7.08. The number of carbonyl (C=O) groups excluding carboxylic acids is 2. The van der Waals surface area contributed by atoms with Gasteiger partial charge in [0.25, 0.3) is 11.8 Å². The van der Waals surface area contributed by atoms with Crippen LogP contribution in [0.15, 0.2) is 36.5 Å². The number of nitrogens with zero attached hydrogens (tertiary/aromatic N) is 3. The number of hydrogen-bond donors (Lipinski definition) is 1. The van der Waals surface area contributed by atoms with Gasteiger partial charge in [0, 0.05) is 32.3 Å². The SMILES string of the molecule is CCCCn1nccc1NC(=O)c1cccc(OCC(=O)N(C)C)c1. The zero-order chi connectivity index (χ0) is 18.2. The number of aromatic nitrogens is 2. The van der Waals surface area contributed by atoms with Crippen molar-refractivity contribution in [2.75, 3.05) is 26.0 Å². The van der Waals surface area contributed by atoms with Gasteiger partial charge in [0.05, 0.1) is 6.20 Å². The first kappa shape index (κ1) is 18.5. The van der Waals surface area contributed by atoms with Gasteiger partial charge in [-0.25, -0.2) is 4.68 Å². The fraction of sp³-hybridized carbons (Fsp3) is 0.389. The number of carbonyl (C=O) groups is 2. The number of benzene rings is 1. The number of nitrogens with one attached hydrogen (secondary N) is 1. The highest BCUT2D eigenvalue weighted by molar-refractivity contribution is 6.04. The molecule has 0 saturated heterocycles. The van der Waals surface area contributed by atoms with Crippen LogP contribution in [0, 0.1) is 0 Å². The quantitative estimate of drug-likeness (QED) is 0.798. The van der Waals surface area contributed by atoms with Crippen molar-refractivity contribution >= 4 is 17.6 Å². The Hall–Kier alpha value is -2.83. The minimum absolute atomic E-state index is 0.0676. The van der Waals surface area contributed by atoms with Gasteiger partial charge in [0.15, 0.2) is 6.61 Å². The number of amides is 2. The summed E-state index contributed by atoms with van der Waals surface area (Å²) >= 11 is 0. The molecule has 0 radical (unpaired) electrons. The Kier molecular flexibility index (Phi) is 6.56. The van der Waals surface area contributed by atoms with Crippen LogP contribution in [-0.4, -0.2) is 47.2 Å². The van der Waals surface area contributed by atoms with Gasteiger partial charge in [0.1, 0.15) is 11.6 Å². The Labute approximate surface area is 147 Å². The van der Waals surface area contributed by atoms with E-state index in [2.05, 4.69) is 17.3 Å². The van der Waals surface area contributed by atoms with Crippen LogP contribution in [0.2, 0.25) is 0 Å². The lowest BCUT2D eigenvalue weighted by Gasteiger charge is -2.12. The molecule has 0 aliphatic rings. The van der Waals surface area contributed by atoms with Crippen molar-refractivity contribution < 1.29 is 14.3 Å². The van der Waals surface area contributed by atoms with E-state index in [-0.39, 0.29) is 18.4 Å². The first-order chi connectivity index (χ1) is 12.0. The first-order valence-corrected chi connectivity index (χ1v) is 8.27. The van der Waals surface area contributed by atoms with Gasteiger partial charge in [-0.15, -0.1) is 0 Å². The number of aryl methyl sites for hydroxylation is 1. The van der Waals surface area contributed by atoms with Gasteiger partial charge in [0.2, 0.25) is 0 Å². The minimum atomic E-state index is -0.248. The molecule has 2 aromatic rings. The highest BCUT2D eigenvalue weighted by Gasteiger charge is 2.11. The van der Waals surface area contributed by atoms with Gasteiger partial charge in [-0.05, 0) is 24.6 Å². The van der Waals surface area contributed by atoms with E-state index in [0.29, 0.717) is 17.1 Å². The van der Waals surface area contributed by atoms with Crippen molar-refractivity contribution in [3.63, 3.8) is 0 Å². The maximum atomic E-state index is 12.5. The summed E-state index contributed by atoms with van der Waals surface area (Å²) in [4.78, 5) is 25.5. The third-order valence-corrected chi connectivity index (χ3v) is 3.64. The maximum absolute atomic E-state index is 12.5. The van der Waals surface area contributed by atoms with Gasteiger partial charge >= 0.3 is 0 Å². The summed E-state index contributed by atoms with van der Waals surface area (Å²) in [5.74, 6) is 0.743. The Morgan fingerprint density at radius 1 is 1.28 bits per heavy atom. The van der Waals surface area contributed by atoms with E-state index >= 15 is 0 Å². The molecule has 0 spiro atoms. The molecule has 2 rings (SSSR count). The van der Waals surface area contributed by atoms with Gasteiger partial charge in [-0.2, -0.15) is 5.10 Å². The molecule has 0 bridgehead atoms. The van der Waals surface area contributed by atoms with Crippen LogP contribution >= 0.6 is 0 Å². The lowest BCUT2D eigenvalue weighted by Crippen LogP contribution is -2.27. The normalized spacial score (nSPS) is 10.4. The molecule has 1 heterocycles. The molecule has 1 N–H and O–H groups in total. The molecular formula is C18H24N4O3. The molecule has 1 aromatic heterocycles. The van der Waals surface area contributed by atoms with Crippen LogP contribution < -0.4 is 10.1 Å². The van der Waals surface area contributed by atoms with Crippen LogP contribution in [0.3, 0.4) is 0 Å². The molecule has 7 nitrogen and oxygen atoms in total. The summed E-state index contributed by atoms with van der Waals surface area (Å²) in [6.45, 7) is 2.80. The zero-order valence-corrected chi connectivity index (χ0v) is 14.9. The fourth-order valence-electron chi connectivity index (χ4n) is 2.11. The van der Waals surface area contributed by atoms with E-state index in [9.17, 15) is 9.59 Å². The highest BCUT2D eigenvalue weighted by atomic mass is 16.5. The van der Waals surface area contributed by atoms with E-state index in [1.54, 1.807) is 55.3 Å². The molecule has 1 aromatic carbocycles. The lowest BCUT2D eigenvalue weighted by atomic mass is 10.2. The predicted molar refractivity (Wildman–Crippen MR) is 95.7 cm³/mol. The molecule has 0 atom stereocenters. The topological polar surface area (TPSA) is 76.5 Å². The second-order valence-corrected chi connectivity index (χ2v) is 5.85. The molecule has 0 unspecified atom stereocenters. The van der Waals surface area contributed by atoms with E-state index in [0.717, 1.165) is 19.4 Å². The predicted octanol–water partition coefficient (Wildman–Crippen LogP) is 2.40. The Morgan fingerprint density at radius 2 is 2.08 bits per heavy atom. The first-order valence-electron chi connectivity index (χ1n) is 8.27. The van der Waals surface area contributed by atoms with E-state index in [4.69, 9.17) is 4.74 Å². The number of hydrogen-bond acceptors (Lipinski definition) is 4. The van der Waals surface area contributed by atoms with Crippen LogP contribution in [0.25, 0.3) is 0 Å². The number of unbranched alkanes of at least 4 members (excludes halogenated alkanes) is 1. The number of rotatable bonds is 8. The standard InChI is InChI=1S/C18H24N4O3/c1-4-5-11-22-16(9-10-19-22)20-18(24)14-7-6-8-15(12-14)25-13-17(23)21(2)3/h6-10,12H,4-5,11,13H2,1-3H3,(H,20,24). The monoisotopic (exact) mass is 344 g/mol. The lowest BCUT2D eigenvalue weighted by molar-refractivity contribution is -0.130. The zero-order valence-electron chi connectivity index (χ0n) is 14.9. The summed E-state index contributed by atoms with van der Waals surface area (Å²) in [6, 6.07) is 8.52. The molecule has 134 valence electrons. The summed E-state index contributed by atoms with van der Waals surface area (Å²) < 4.78 is 7.22. The third-order valence-electron chi connectivity index (χ3n) is 3.64. The Balaban J connectivity index is 2.01. The van der Waals surface area contributed by atoms with Crippen molar-refractivity contribution in [3.8, 4) is 5.75 Å². The molecule has 25 heavy (non-hydrogen) atoms. The van der Waals surface area contributed by atoms with Crippen molar-refractivity contribution in [1.29, 1.82) is 0 Å². The molecule has 0 fully saturated rings.